The van der Waals surface area contributed by atoms with E-state index in [1.54, 1.807) is 0 Å². The molecule has 1 aliphatic heterocycles. The number of hydrogen-bond donors (Lipinski definition) is 1. The van der Waals surface area contributed by atoms with E-state index in [1.165, 1.54) is 11.1 Å². The largest absolute Gasteiger partial charge is 0.389 e. The third kappa shape index (κ3) is 4.99. The normalized spacial score (nSPS) is 19.7. The molecule has 2 unspecified atom stereocenters. The molecule has 0 aliphatic carbocycles. The van der Waals surface area contributed by atoms with E-state index in [0.717, 1.165) is 25.1 Å². The molecule has 118 valence electrons. The molecule has 2 rings (SSSR count). The van der Waals surface area contributed by atoms with E-state index in [-0.39, 0.29) is 6.10 Å². The average Bonchev–Trinajstić information content (AvgIpc) is 2.94. The molecule has 1 N–H and O–H groups in total. The van der Waals surface area contributed by atoms with Gasteiger partial charge in [0.25, 0.3) is 0 Å². The van der Waals surface area contributed by atoms with Gasteiger partial charge in [0.2, 0.25) is 0 Å². The molecule has 1 aliphatic rings. The summed E-state index contributed by atoms with van der Waals surface area (Å²) in [6.07, 6.45) is 1.91. The molecule has 2 atom stereocenters. The fourth-order valence-electron chi connectivity index (χ4n) is 2.71. The summed E-state index contributed by atoms with van der Waals surface area (Å²) in [4.78, 5) is 2.09. The van der Waals surface area contributed by atoms with Crippen LogP contribution in [0.15, 0.2) is 18.2 Å². The summed E-state index contributed by atoms with van der Waals surface area (Å²) in [5.41, 5.74) is 3.61. The van der Waals surface area contributed by atoms with Crippen molar-refractivity contribution < 1.29 is 14.6 Å². The summed E-state index contributed by atoms with van der Waals surface area (Å²) in [5.74, 6) is 0. The lowest BCUT2D eigenvalue weighted by atomic mass is 10.1. The van der Waals surface area contributed by atoms with E-state index >= 15 is 0 Å². The van der Waals surface area contributed by atoms with Crippen LogP contribution < -0.4 is 4.90 Å². The van der Waals surface area contributed by atoms with Crippen molar-refractivity contribution in [1.29, 1.82) is 0 Å². The van der Waals surface area contributed by atoms with Crippen LogP contribution in [-0.4, -0.2) is 50.7 Å². The Bertz CT molecular complexity index is 444. The second-order valence-electron chi connectivity index (χ2n) is 6.00. The molecule has 0 bridgehead atoms. The Balaban J connectivity index is 1.75. The van der Waals surface area contributed by atoms with Gasteiger partial charge in [-0.05, 0) is 43.9 Å². The second kappa shape index (κ2) is 7.78. The maximum Gasteiger partial charge on any atom is 0.0947 e. The van der Waals surface area contributed by atoms with Gasteiger partial charge in [0, 0.05) is 25.9 Å². The molecule has 0 saturated carbocycles. The van der Waals surface area contributed by atoms with Crippen LogP contribution in [0.25, 0.3) is 0 Å². The number of aliphatic hydroxyl groups is 1. The van der Waals surface area contributed by atoms with Crippen molar-refractivity contribution in [3.05, 3.63) is 29.3 Å². The molecule has 4 nitrogen and oxygen atoms in total. The molecule has 0 aromatic heterocycles. The smallest absolute Gasteiger partial charge is 0.0947 e. The highest BCUT2D eigenvalue weighted by Crippen LogP contribution is 2.20. The van der Waals surface area contributed by atoms with Crippen LogP contribution in [0, 0.1) is 13.8 Å². The van der Waals surface area contributed by atoms with Crippen molar-refractivity contribution >= 4 is 5.69 Å². The van der Waals surface area contributed by atoms with Crippen LogP contribution in [-0.2, 0) is 9.47 Å². The fraction of sp³-hybridized carbons (Fsp3) is 0.647. The number of benzene rings is 1. The number of rotatable bonds is 7. The Morgan fingerprint density at radius 3 is 2.95 bits per heavy atom. The topological polar surface area (TPSA) is 41.9 Å². The van der Waals surface area contributed by atoms with E-state index in [2.05, 4.69) is 36.9 Å². The molecule has 4 heteroatoms. The lowest BCUT2D eigenvalue weighted by Crippen LogP contribution is -2.33. The number of aliphatic hydroxyl groups excluding tert-OH is 1. The molecule has 1 aromatic carbocycles. The number of hydrogen-bond acceptors (Lipinski definition) is 4. The highest BCUT2D eigenvalue weighted by atomic mass is 16.5. The summed E-state index contributed by atoms with van der Waals surface area (Å²) in [6.45, 7) is 6.52. The molecule has 1 saturated heterocycles. The third-order valence-electron chi connectivity index (χ3n) is 3.90. The maximum atomic E-state index is 10.1. The fourth-order valence-corrected chi connectivity index (χ4v) is 2.71. The minimum Gasteiger partial charge on any atom is -0.389 e. The molecule has 1 aromatic rings. The van der Waals surface area contributed by atoms with Gasteiger partial charge in [-0.25, -0.2) is 0 Å². The highest BCUT2D eigenvalue weighted by Gasteiger charge is 2.17. The zero-order valence-corrected chi connectivity index (χ0v) is 13.3. The molecular formula is C17H27NO3. The van der Waals surface area contributed by atoms with Crippen LogP contribution in [0.4, 0.5) is 5.69 Å². The standard InChI is InChI=1S/C17H27NO3/c1-13-6-7-14(2)17(9-13)18(3)10-15(19)11-20-12-16-5-4-8-21-16/h6-7,9,15-16,19H,4-5,8,10-12H2,1-3H3. The van der Waals surface area contributed by atoms with Crippen LogP contribution >= 0.6 is 0 Å². The lowest BCUT2D eigenvalue weighted by Gasteiger charge is -2.25. The summed E-state index contributed by atoms with van der Waals surface area (Å²) < 4.78 is 11.1. The number of anilines is 1. The van der Waals surface area contributed by atoms with Crippen LogP contribution in [0.5, 0.6) is 0 Å². The Labute approximate surface area is 127 Å². The average molecular weight is 293 g/mol. The van der Waals surface area contributed by atoms with E-state index in [0.29, 0.717) is 19.8 Å². The predicted molar refractivity (Wildman–Crippen MR) is 85.0 cm³/mol. The Morgan fingerprint density at radius 1 is 1.43 bits per heavy atom. The molecule has 0 radical (unpaired) electrons. The zero-order chi connectivity index (χ0) is 15.2. The van der Waals surface area contributed by atoms with Gasteiger partial charge in [0.05, 0.1) is 25.4 Å². The first-order valence-corrected chi connectivity index (χ1v) is 7.72. The van der Waals surface area contributed by atoms with Crippen molar-refractivity contribution in [3.63, 3.8) is 0 Å². The number of nitrogens with zero attached hydrogens (tertiary/aromatic N) is 1. The first-order chi connectivity index (χ1) is 10.1. The minimum absolute atomic E-state index is 0.217. The minimum atomic E-state index is -0.490. The molecule has 1 fully saturated rings. The molecule has 0 amide bonds. The lowest BCUT2D eigenvalue weighted by molar-refractivity contribution is -0.0147. The van der Waals surface area contributed by atoms with E-state index in [9.17, 15) is 5.11 Å². The van der Waals surface area contributed by atoms with Gasteiger partial charge in [-0.1, -0.05) is 12.1 Å². The van der Waals surface area contributed by atoms with Gasteiger partial charge in [-0.3, -0.25) is 0 Å². The van der Waals surface area contributed by atoms with Crippen molar-refractivity contribution in [3.8, 4) is 0 Å². The highest BCUT2D eigenvalue weighted by molar-refractivity contribution is 5.54. The van der Waals surface area contributed by atoms with Crippen molar-refractivity contribution in [1.82, 2.24) is 0 Å². The molecule has 1 heterocycles. The summed E-state index contributed by atoms with van der Waals surface area (Å²) >= 11 is 0. The summed E-state index contributed by atoms with van der Waals surface area (Å²) in [5, 5.41) is 10.1. The first kappa shape index (κ1) is 16.3. The summed E-state index contributed by atoms with van der Waals surface area (Å²) in [7, 11) is 2.01. The third-order valence-corrected chi connectivity index (χ3v) is 3.90. The number of aryl methyl sites for hydroxylation is 2. The first-order valence-electron chi connectivity index (χ1n) is 7.72. The quantitative estimate of drug-likeness (QED) is 0.837. The Morgan fingerprint density at radius 2 is 2.24 bits per heavy atom. The van der Waals surface area contributed by atoms with E-state index in [1.807, 2.05) is 7.05 Å². The Hall–Kier alpha value is -1.10. The van der Waals surface area contributed by atoms with Gasteiger partial charge < -0.3 is 19.5 Å². The van der Waals surface area contributed by atoms with E-state index in [4.69, 9.17) is 9.47 Å². The van der Waals surface area contributed by atoms with Crippen LogP contribution in [0.1, 0.15) is 24.0 Å². The maximum absolute atomic E-state index is 10.1. The number of likely N-dealkylation sites (N-methyl/N-ethyl adjacent to an activating group) is 1. The SMILES string of the molecule is Cc1ccc(C)c(N(C)CC(O)COCC2CCCO2)c1. The number of ether oxygens (including phenoxy) is 2. The van der Waals surface area contributed by atoms with Crippen molar-refractivity contribution in [2.75, 3.05) is 38.3 Å². The summed E-state index contributed by atoms with van der Waals surface area (Å²) in [6, 6.07) is 6.37. The van der Waals surface area contributed by atoms with Gasteiger partial charge in [0.15, 0.2) is 0 Å². The van der Waals surface area contributed by atoms with Gasteiger partial charge in [0.1, 0.15) is 0 Å². The van der Waals surface area contributed by atoms with Gasteiger partial charge >= 0.3 is 0 Å². The molecule has 21 heavy (non-hydrogen) atoms. The van der Waals surface area contributed by atoms with E-state index < -0.39 is 6.10 Å². The zero-order valence-electron chi connectivity index (χ0n) is 13.3. The van der Waals surface area contributed by atoms with Crippen molar-refractivity contribution in [2.45, 2.75) is 38.9 Å². The van der Waals surface area contributed by atoms with Crippen LogP contribution in [0.3, 0.4) is 0 Å². The van der Waals surface area contributed by atoms with Crippen molar-refractivity contribution in [2.24, 2.45) is 0 Å². The molecular weight excluding hydrogens is 266 g/mol. The van der Waals surface area contributed by atoms with Gasteiger partial charge in [-0.15, -0.1) is 0 Å². The Kier molecular flexibility index (Phi) is 6.03. The van der Waals surface area contributed by atoms with Crippen LogP contribution in [0.2, 0.25) is 0 Å². The molecule has 0 spiro atoms. The second-order valence-corrected chi connectivity index (χ2v) is 6.00. The monoisotopic (exact) mass is 293 g/mol. The van der Waals surface area contributed by atoms with Gasteiger partial charge in [-0.2, -0.15) is 0 Å². The predicted octanol–water partition coefficient (Wildman–Crippen LogP) is 2.30.